The molecule has 2 aromatic carbocycles. The summed E-state index contributed by atoms with van der Waals surface area (Å²) in [5, 5.41) is 0. The largest absolute Gasteiger partial charge is 0.337 e. The first-order valence-electron chi connectivity index (χ1n) is 8.70. The van der Waals surface area contributed by atoms with Crippen molar-refractivity contribution in [3.63, 3.8) is 0 Å². The molecular weight excluding hydrogens is 376 g/mol. The summed E-state index contributed by atoms with van der Waals surface area (Å²) in [5.41, 5.74) is -0.616. The Labute approximate surface area is 165 Å². The second-order valence-electron chi connectivity index (χ2n) is 7.28. The van der Waals surface area contributed by atoms with Crippen molar-refractivity contribution in [3.8, 4) is 0 Å². The van der Waals surface area contributed by atoms with Gasteiger partial charge in [0.05, 0.1) is 0 Å². The maximum absolute atomic E-state index is 13.7. The third kappa shape index (κ3) is 4.06. The standard InChI is InChI=1S/C21H24N2O2S2/c1-21(2,3)23(20-15-10-16-22(20)4)27(24,25)19-14-9-8-13-18(19)26-17-11-6-5-7-12-17/h5-16H,1-4H3. The van der Waals surface area contributed by atoms with E-state index in [1.807, 2.05) is 93.2 Å². The molecule has 0 radical (unpaired) electrons. The number of aromatic nitrogens is 1. The van der Waals surface area contributed by atoms with E-state index >= 15 is 0 Å². The van der Waals surface area contributed by atoms with E-state index in [9.17, 15) is 8.42 Å². The van der Waals surface area contributed by atoms with Gasteiger partial charge < -0.3 is 4.57 Å². The molecule has 0 aliphatic carbocycles. The fourth-order valence-electron chi connectivity index (χ4n) is 2.95. The maximum Gasteiger partial charge on any atom is 0.267 e. The fourth-order valence-corrected chi connectivity index (χ4v) is 6.18. The smallest absolute Gasteiger partial charge is 0.267 e. The summed E-state index contributed by atoms with van der Waals surface area (Å²) < 4.78 is 30.8. The fraction of sp³-hybridized carbons (Fsp3) is 0.238. The molecule has 0 spiro atoms. The van der Waals surface area contributed by atoms with Gasteiger partial charge in [0.25, 0.3) is 10.0 Å². The molecule has 0 atom stereocenters. The molecule has 0 unspecified atom stereocenters. The summed E-state index contributed by atoms with van der Waals surface area (Å²) in [6, 6.07) is 20.7. The van der Waals surface area contributed by atoms with Crippen molar-refractivity contribution in [1.82, 2.24) is 4.57 Å². The van der Waals surface area contributed by atoms with Gasteiger partial charge in [-0.3, -0.25) is 0 Å². The van der Waals surface area contributed by atoms with Gasteiger partial charge >= 0.3 is 0 Å². The van der Waals surface area contributed by atoms with E-state index in [-0.39, 0.29) is 0 Å². The quantitative estimate of drug-likeness (QED) is 0.593. The Kier molecular flexibility index (Phi) is 5.40. The van der Waals surface area contributed by atoms with Crippen molar-refractivity contribution in [1.29, 1.82) is 0 Å². The first-order chi connectivity index (χ1) is 12.7. The number of hydrogen-bond donors (Lipinski definition) is 0. The van der Waals surface area contributed by atoms with Gasteiger partial charge in [-0.15, -0.1) is 0 Å². The van der Waals surface area contributed by atoms with Crippen LogP contribution in [-0.2, 0) is 17.1 Å². The van der Waals surface area contributed by atoms with Crippen LogP contribution in [0, 0.1) is 0 Å². The minimum absolute atomic E-state index is 0.315. The molecule has 0 N–H and O–H groups in total. The van der Waals surface area contributed by atoms with Gasteiger partial charge in [0, 0.05) is 28.6 Å². The van der Waals surface area contributed by atoms with Crippen LogP contribution < -0.4 is 4.31 Å². The summed E-state index contributed by atoms with van der Waals surface area (Å²) in [7, 11) is -1.91. The van der Waals surface area contributed by atoms with Crippen molar-refractivity contribution < 1.29 is 8.42 Å². The Morgan fingerprint density at radius 3 is 2.11 bits per heavy atom. The Morgan fingerprint density at radius 2 is 1.52 bits per heavy atom. The highest BCUT2D eigenvalue weighted by atomic mass is 32.2. The summed E-state index contributed by atoms with van der Waals surface area (Å²) in [5.74, 6) is 0.641. The zero-order valence-corrected chi connectivity index (χ0v) is 17.6. The average molecular weight is 401 g/mol. The lowest BCUT2D eigenvalue weighted by atomic mass is 10.1. The Balaban J connectivity index is 2.12. The molecule has 1 heterocycles. The van der Waals surface area contributed by atoms with E-state index in [2.05, 4.69) is 0 Å². The molecule has 0 saturated heterocycles. The van der Waals surface area contributed by atoms with Gasteiger partial charge in [-0.25, -0.2) is 12.7 Å². The summed E-state index contributed by atoms with van der Waals surface area (Å²) in [6.07, 6.45) is 1.86. The lowest BCUT2D eigenvalue weighted by molar-refractivity contribution is 0.528. The van der Waals surface area contributed by atoms with Gasteiger partial charge in [-0.05, 0) is 57.2 Å². The zero-order chi connectivity index (χ0) is 19.7. The average Bonchev–Trinajstić information content (AvgIpc) is 3.00. The second kappa shape index (κ2) is 7.44. The Bertz CT molecular complexity index is 1020. The minimum atomic E-state index is -3.76. The predicted molar refractivity (Wildman–Crippen MR) is 112 cm³/mol. The van der Waals surface area contributed by atoms with E-state index in [0.29, 0.717) is 15.6 Å². The zero-order valence-electron chi connectivity index (χ0n) is 16.0. The van der Waals surface area contributed by atoms with Crippen LogP contribution in [0.5, 0.6) is 0 Å². The van der Waals surface area contributed by atoms with Gasteiger partial charge in [0.2, 0.25) is 0 Å². The second-order valence-corrected chi connectivity index (χ2v) is 10.1. The predicted octanol–water partition coefficient (Wildman–Crippen LogP) is 5.17. The maximum atomic E-state index is 13.7. The number of sulfonamides is 1. The normalized spacial score (nSPS) is 12.1. The molecule has 1 aromatic heterocycles. The molecule has 0 aliphatic heterocycles. The van der Waals surface area contributed by atoms with E-state index in [0.717, 1.165) is 4.90 Å². The van der Waals surface area contributed by atoms with Crippen LogP contribution in [0.15, 0.2) is 87.6 Å². The van der Waals surface area contributed by atoms with Crippen molar-refractivity contribution in [2.45, 2.75) is 41.0 Å². The van der Waals surface area contributed by atoms with Crippen molar-refractivity contribution in [2.24, 2.45) is 7.05 Å². The highest BCUT2D eigenvalue weighted by molar-refractivity contribution is 8.00. The number of benzene rings is 2. The van der Waals surface area contributed by atoms with Gasteiger partial charge in [-0.2, -0.15) is 0 Å². The summed E-state index contributed by atoms with van der Waals surface area (Å²) >= 11 is 1.46. The molecule has 0 fully saturated rings. The van der Waals surface area contributed by atoms with Gasteiger partial charge in [0.15, 0.2) is 0 Å². The molecule has 27 heavy (non-hydrogen) atoms. The monoisotopic (exact) mass is 400 g/mol. The molecule has 3 aromatic rings. The highest BCUT2D eigenvalue weighted by Gasteiger charge is 2.36. The number of anilines is 1. The third-order valence-corrected chi connectivity index (χ3v) is 7.41. The molecule has 0 saturated carbocycles. The Morgan fingerprint density at radius 1 is 0.889 bits per heavy atom. The van der Waals surface area contributed by atoms with Crippen LogP contribution >= 0.6 is 11.8 Å². The van der Waals surface area contributed by atoms with Gasteiger partial charge in [-0.1, -0.05) is 42.1 Å². The topological polar surface area (TPSA) is 42.3 Å². The van der Waals surface area contributed by atoms with Crippen molar-refractivity contribution >= 4 is 27.6 Å². The van der Waals surface area contributed by atoms with Crippen LogP contribution in [-0.4, -0.2) is 18.5 Å². The number of rotatable bonds is 5. The van der Waals surface area contributed by atoms with E-state index in [1.165, 1.54) is 16.1 Å². The minimum Gasteiger partial charge on any atom is -0.337 e. The first kappa shape index (κ1) is 19.6. The number of nitrogens with zero attached hydrogens (tertiary/aromatic N) is 2. The molecule has 6 heteroatoms. The van der Waals surface area contributed by atoms with Crippen molar-refractivity contribution in [2.75, 3.05) is 4.31 Å². The van der Waals surface area contributed by atoms with Crippen LogP contribution in [0.2, 0.25) is 0 Å². The van der Waals surface area contributed by atoms with Crippen LogP contribution in [0.25, 0.3) is 0 Å². The third-order valence-electron chi connectivity index (χ3n) is 4.07. The first-order valence-corrected chi connectivity index (χ1v) is 11.0. The summed E-state index contributed by atoms with van der Waals surface area (Å²) in [6.45, 7) is 5.72. The van der Waals surface area contributed by atoms with Gasteiger partial charge in [0.1, 0.15) is 10.7 Å². The summed E-state index contributed by atoms with van der Waals surface area (Å²) in [4.78, 5) is 2.03. The van der Waals surface area contributed by atoms with Crippen LogP contribution in [0.4, 0.5) is 5.82 Å². The molecule has 0 bridgehead atoms. The SMILES string of the molecule is Cn1cccc1N(C(C)(C)C)S(=O)(=O)c1ccccc1Sc1ccccc1. The molecule has 142 valence electrons. The molecule has 0 amide bonds. The van der Waals surface area contributed by atoms with E-state index < -0.39 is 15.6 Å². The van der Waals surface area contributed by atoms with Crippen molar-refractivity contribution in [3.05, 3.63) is 72.9 Å². The van der Waals surface area contributed by atoms with Crippen LogP contribution in [0.1, 0.15) is 20.8 Å². The lowest BCUT2D eigenvalue weighted by Crippen LogP contribution is -2.46. The molecular formula is C21H24N2O2S2. The lowest BCUT2D eigenvalue weighted by Gasteiger charge is -2.36. The molecule has 3 rings (SSSR count). The van der Waals surface area contributed by atoms with Crippen LogP contribution in [0.3, 0.4) is 0 Å². The highest BCUT2D eigenvalue weighted by Crippen LogP contribution is 2.37. The molecule has 4 nitrogen and oxygen atoms in total. The molecule has 0 aliphatic rings. The van der Waals surface area contributed by atoms with E-state index in [1.54, 1.807) is 12.1 Å². The number of hydrogen-bond acceptors (Lipinski definition) is 3. The van der Waals surface area contributed by atoms with E-state index in [4.69, 9.17) is 0 Å². The number of aryl methyl sites for hydroxylation is 1. The Hall–Kier alpha value is -2.18.